The van der Waals surface area contributed by atoms with Crippen molar-refractivity contribution < 1.29 is 13.2 Å². The molecule has 2 saturated heterocycles. The SMILES string of the molecule is CCNC(=NCc1ccnc(N2CCCCC2)c1)N1CCN(C(C)C(F)(F)F)CC1.I. The fraction of sp³-hybridized carbons (Fsp3) is 0.714. The van der Waals surface area contributed by atoms with Crippen LogP contribution in [0.15, 0.2) is 23.3 Å². The Hall–Kier alpha value is -1.30. The predicted molar refractivity (Wildman–Crippen MR) is 129 cm³/mol. The Morgan fingerprint density at radius 2 is 1.81 bits per heavy atom. The Labute approximate surface area is 200 Å². The number of hydrogen-bond acceptors (Lipinski definition) is 4. The zero-order chi connectivity index (χ0) is 21.6. The Kier molecular flexibility index (Phi) is 10.1. The summed E-state index contributed by atoms with van der Waals surface area (Å²) in [5.41, 5.74) is 1.09. The van der Waals surface area contributed by atoms with E-state index < -0.39 is 12.2 Å². The van der Waals surface area contributed by atoms with Gasteiger partial charge in [0.05, 0.1) is 6.54 Å². The number of hydrogen-bond donors (Lipinski definition) is 1. The Morgan fingerprint density at radius 3 is 2.42 bits per heavy atom. The molecule has 10 heteroatoms. The number of alkyl halides is 3. The Bertz CT molecular complexity index is 701. The van der Waals surface area contributed by atoms with Crippen LogP contribution in [0.5, 0.6) is 0 Å². The summed E-state index contributed by atoms with van der Waals surface area (Å²) in [7, 11) is 0. The Morgan fingerprint density at radius 1 is 1.13 bits per heavy atom. The molecule has 6 nitrogen and oxygen atoms in total. The summed E-state index contributed by atoms with van der Waals surface area (Å²) in [5, 5.41) is 3.28. The number of pyridine rings is 1. The van der Waals surface area contributed by atoms with Gasteiger partial charge in [-0.1, -0.05) is 0 Å². The summed E-state index contributed by atoms with van der Waals surface area (Å²) in [4.78, 5) is 15.1. The lowest BCUT2D eigenvalue weighted by atomic mass is 10.1. The van der Waals surface area contributed by atoms with Gasteiger partial charge in [0.25, 0.3) is 0 Å². The Balaban J connectivity index is 0.00000341. The van der Waals surface area contributed by atoms with Crippen molar-refractivity contribution in [3.8, 4) is 0 Å². The number of aromatic nitrogens is 1. The van der Waals surface area contributed by atoms with Gasteiger partial charge in [0, 0.05) is 52.0 Å². The van der Waals surface area contributed by atoms with E-state index in [9.17, 15) is 13.2 Å². The number of piperidine rings is 1. The molecule has 1 aromatic heterocycles. The second-order valence-corrected chi connectivity index (χ2v) is 7.98. The van der Waals surface area contributed by atoms with Crippen molar-refractivity contribution in [1.82, 2.24) is 20.1 Å². The molecule has 1 unspecified atom stereocenters. The minimum absolute atomic E-state index is 0. The van der Waals surface area contributed by atoms with Crippen LogP contribution in [0.2, 0.25) is 0 Å². The highest BCUT2D eigenvalue weighted by Gasteiger charge is 2.41. The highest BCUT2D eigenvalue weighted by molar-refractivity contribution is 14.0. The molecular formula is C21H34F3IN6. The molecule has 1 atom stereocenters. The van der Waals surface area contributed by atoms with Crippen LogP contribution in [0.4, 0.5) is 19.0 Å². The maximum absolute atomic E-state index is 13.0. The van der Waals surface area contributed by atoms with Gasteiger partial charge in [-0.25, -0.2) is 9.98 Å². The van der Waals surface area contributed by atoms with Crippen LogP contribution in [0, 0.1) is 0 Å². The minimum Gasteiger partial charge on any atom is -0.357 e. The normalized spacial score (nSPS) is 19.7. The van der Waals surface area contributed by atoms with Crippen LogP contribution in [-0.4, -0.2) is 78.8 Å². The molecule has 0 saturated carbocycles. The van der Waals surface area contributed by atoms with Crippen molar-refractivity contribution in [3.63, 3.8) is 0 Å². The van der Waals surface area contributed by atoms with Gasteiger partial charge in [-0.3, -0.25) is 4.90 Å². The van der Waals surface area contributed by atoms with Gasteiger partial charge in [0.1, 0.15) is 11.9 Å². The fourth-order valence-electron chi connectivity index (χ4n) is 3.97. The first-order chi connectivity index (χ1) is 14.4. The van der Waals surface area contributed by atoms with Crippen molar-refractivity contribution >= 4 is 35.8 Å². The molecule has 0 spiro atoms. The monoisotopic (exact) mass is 554 g/mol. The maximum atomic E-state index is 13.0. The summed E-state index contributed by atoms with van der Waals surface area (Å²) in [5.74, 6) is 1.76. The van der Waals surface area contributed by atoms with E-state index in [0.717, 1.165) is 30.4 Å². The molecule has 0 radical (unpaired) electrons. The first-order valence-electron chi connectivity index (χ1n) is 10.9. The zero-order valence-electron chi connectivity index (χ0n) is 18.4. The molecule has 0 amide bonds. The molecular weight excluding hydrogens is 520 g/mol. The van der Waals surface area contributed by atoms with Gasteiger partial charge in [0.15, 0.2) is 5.96 Å². The number of nitrogens with one attached hydrogen (secondary N) is 1. The van der Waals surface area contributed by atoms with E-state index in [1.165, 1.54) is 31.1 Å². The maximum Gasteiger partial charge on any atom is 0.403 e. The number of rotatable bonds is 5. The van der Waals surface area contributed by atoms with E-state index in [4.69, 9.17) is 4.99 Å². The summed E-state index contributed by atoms with van der Waals surface area (Å²) < 4.78 is 39.0. The molecule has 1 N–H and O–H groups in total. The highest BCUT2D eigenvalue weighted by Crippen LogP contribution is 2.25. The van der Waals surface area contributed by atoms with Gasteiger partial charge < -0.3 is 15.1 Å². The standard InChI is InChI=1S/C21H33F3N6.HI/c1-3-25-20(30-13-11-28(12-14-30)17(2)21(22,23)24)27-16-18-7-8-26-19(15-18)29-9-5-4-6-10-29;/h7-8,15,17H,3-6,9-14,16H2,1-2H3,(H,25,27);1H. The molecule has 2 aliphatic rings. The number of guanidine groups is 1. The van der Waals surface area contributed by atoms with Gasteiger partial charge in [-0.15, -0.1) is 24.0 Å². The summed E-state index contributed by atoms with van der Waals surface area (Å²) in [6.07, 6.45) is 1.33. The zero-order valence-corrected chi connectivity index (χ0v) is 20.7. The molecule has 2 fully saturated rings. The lowest BCUT2D eigenvalue weighted by Gasteiger charge is -2.39. The fourth-order valence-corrected chi connectivity index (χ4v) is 3.97. The molecule has 176 valence electrons. The largest absolute Gasteiger partial charge is 0.403 e. The van der Waals surface area contributed by atoms with Crippen LogP contribution in [0.3, 0.4) is 0 Å². The molecule has 3 rings (SSSR count). The molecule has 0 aromatic carbocycles. The molecule has 31 heavy (non-hydrogen) atoms. The lowest BCUT2D eigenvalue weighted by molar-refractivity contribution is -0.181. The van der Waals surface area contributed by atoms with Gasteiger partial charge in [0.2, 0.25) is 0 Å². The predicted octanol–water partition coefficient (Wildman–Crippen LogP) is 3.72. The summed E-state index contributed by atoms with van der Waals surface area (Å²) in [6.45, 7) is 8.36. The smallest absolute Gasteiger partial charge is 0.357 e. The van der Waals surface area contributed by atoms with Crippen molar-refractivity contribution in [3.05, 3.63) is 23.9 Å². The van der Waals surface area contributed by atoms with Crippen LogP contribution in [0.25, 0.3) is 0 Å². The van der Waals surface area contributed by atoms with Crippen LogP contribution in [0.1, 0.15) is 38.7 Å². The first-order valence-corrected chi connectivity index (χ1v) is 10.9. The van der Waals surface area contributed by atoms with Gasteiger partial charge in [-0.05, 0) is 50.8 Å². The molecule has 0 aliphatic carbocycles. The second kappa shape index (κ2) is 12.1. The highest BCUT2D eigenvalue weighted by atomic mass is 127. The van der Waals surface area contributed by atoms with Crippen molar-refractivity contribution in [2.75, 3.05) is 50.7 Å². The topological polar surface area (TPSA) is 47.0 Å². The van der Waals surface area contributed by atoms with E-state index in [0.29, 0.717) is 39.3 Å². The van der Waals surface area contributed by atoms with E-state index in [1.807, 2.05) is 19.2 Å². The molecule has 0 bridgehead atoms. The average Bonchev–Trinajstić information content (AvgIpc) is 2.76. The van der Waals surface area contributed by atoms with E-state index in [2.05, 4.69) is 26.2 Å². The molecule has 1 aromatic rings. The van der Waals surface area contributed by atoms with Crippen LogP contribution >= 0.6 is 24.0 Å². The summed E-state index contributed by atoms with van der Waals surface area (Å²) in [6, 6.07) is 2.66. The molecule has 2 aliphatic heterocycles. The molecule has 3 heterocycles. The summed E-state index contributed by atoms with van der Waals surface area (Å²) >= 11 is 0. The number of aliphatic imine (C=N–C) groups is 1. The van der Waals surface area contributed by atoms with E-state index in [-0.39, 0.29) is 24.0 Å². The van der Waals surface area contributed by atoms with Crippen LogP contribution in [-0.2, 0) is 6.54 Å². The van der Waals surface area contributed by atoms with Crippen molar-refractivity contribution in [1.29, 1.82) is 0 Å². The third-order valence-electron chi connectivity index (χ3n) is 5.87. The number of nitrogens with zero attached hydrogens (tertiary/aromatic N) is 5. The lowest BCUT2D eigenvalue weighted by Crippen LogP contribution is -2.56. The third-order valence-corrected chi connectivity index (χ3v) is 5.87. The van der Waals surface area contributed by atoms with Crippen LogP contribution < -0.4 is 10.2 Å². The van der Waals surface area contributed by atoms with Crippen molar-refractivity contribution in [2.45, 2.75) is 51.9 Å². The number of piperazine rings is 1. The average molecular weight is 554 g/mol. The van der Waals surface area contributed by atoms with Gasteiger partial charge in [-0.2, -0.15) is 13.2 Å². The van der Waals surface area contributed by atoms with E-state index >= 15 is 0 Å². The number of anilines is 1. The quantitative estimate of drug-likeness (QED) is 0.342. The first kappa shape index (κ1) is 26.0. The number of halogens is 4. The minimum atomic E-state index is -4.19. The third kappa shape index (κ3) is 7.37. The van der Waals surface area contributed by atoms with E-state index in [1.54, 1.807) is 0 Å². The second-order valence-electron chi connectivity index (χ2n) is 7.98. The van der Waals surface area contributed by atoms with Gasteiger partial charge >= 0.3 is 6.18 Å². The van der Waals surface area contributed by atoms with Crippen molar-refractivity contribution in [2.24, 2.45) is 4.99 Å².